The Morgan fingerprint density at radius 1 is 1.00 bits per heavy atom. The average Bonchev–Trinajstić information content (AvgIpc) is 2.57. The van der Waals surface area contributed by atoms with Crippen LogP contribution in [-0.4, -0.2) is 25.2 Å². The van der Waals surface area contributed by atoms with Crippen LogP contribution in [0.4, 0.5) is 13.2 Å². The number of carbonyl (C=O) groups excluding carboxylic acids is 1. The van der Waals surface area contributed by atoms with Gasteiger partial charge in [-0.2, -0.15) is 13.2 Å². The Labute approximate surface area is 160 Å². The number of halogens is 3. The van der Waals surface area contributed by atoms with E-state index in [0.29, 0.717) is 12.0 Å². The number of alkyl halides is 3. The van der Waals surface area contributed by atoms with Gasteiger partial charge >= 0.3 is 6.18 Å². The number of Topliss-reactive ketones (excluding diaryl/α,β-unsaturated/α-hetero) is 1. The molecule has 3 atom stereocenters. The maximum absolute atomic E-state index is 12.6. The fraction of sp³-hybridized carbons (Fsp3) is 0.650. The van der Waals surface area contributed by atoms with E-state index in [0.717, 1.165) is 12.1 Å². The maximum atomic E-state index is 12.6. The molecule has 0 aliphatic rings. The van der Waals surface area contributed by atoms with Gasteiger partial charge in [-0.3, -0.25) is 4.79 Å². The molecule has 0 fully saturated rings. The van der Waals surface area contributed by atoms with Gasteiger partial charge in [0.2, 0.25) is 0 Å². The van der Waals surface area contributed by atoms with Crippen LogP contribution in [0, 0.1) is 17.8 Å². The first kappa shape index (κ1) is 23.7. The molecule has 1 aromatic carbocycles. The summed E-state index contributed by atoms with van der Waals surface area (Å²) in [7, 11) is -3.11. The van der Waals surface area contributed by atoms with E-state index in [2.05, 4.69) is 0 Å². The van der Waals surface area contributed by atoms with E-state index < -0.39 is 26.8 Å². The zero-order valence-corrected chi connectivity index (χ0v) is 17.3. The molecular formula is C20H29F3O3S. The van der Waals surface area contributed by atoms with Gasteiger partial charge in [-0.05, 0) is 49.8 Å². The van der Waals surface area contributed by atoms with E-state index in [9.17, 15) is 26.4 Å². The summed E-state index contributed by atoms with van der Waals surface area (Å²) in [5.74, 6) is -0.236. The molecule has 7 heteroatoms. The number of sulfone groups is 1. The summed E-state index contributed by atoms with van der Waals surface area (Å²) in [5.41, 5.74) is -0.192. The second-order valence-electron chi connectivity index (χ2n) is 7.67. The lowest BCUT2D eigenvalue weighted by Crippen LogP contribution is -2.27. The maximum Gasteiger partial charge on any atom is 0.416 e. The summed E-state index contributed by atoms with van der Waals surface area (Å²) in [6, 6.07) is 4.62. The number of carbonyl (C=O) groups is 1. The van der Waals surface area contributed by atoms with E-state index in [-0.39, 0.29) is 35.7 Å². The molecule has 0 saturated heterocycles. The molecule has 0 spiro atoms. The Hall–Kier alpha value is -1.37. The minimum Gasteiger partial charge on any atom is -0.299 e. The number of hydrogen-bond donors (Lipinski definition) is 0. The molecule has 3 nitrogen and oxygen atoms in total. The zero-order chi connectivity index (χ0) is 21.0. The standard InChI is InChI=1S/C20H29F3O3S/c1-13(2)27(25,26)11-10-14(3)15(4)16(5)19(24)12-17-6-8-18(9-7-17)20(21,22)23/h6-9,13-16H,10-12H2,1-5H3. The quantitative estimate of drug-likeness (QED) is 0.584. The van der Waals surface area contributed by atoms with Crippen LogP contribution < -0.4 is 0 Å². The van der Waals surface area contributed by atoms with Crippen LogP contribution in [0.1, 0.15) is 52.2 Å². The van der Waals surface area contributed by atoms with Crippen molar-refractivity contribution < 1.29 is 26.4 Å². The molecule has 0 N–H and O–H groups in total. The number of ketones is 1. The van der Waals surface area contributed by atoms with E-state index in [1.807, 2.05) is 13.8 Å². The van der Waals surface area contributed by atoms with Crippen LogP contribution in [0.5, 0.6) is 0 Å². The summed E-state index contributed by atoms with van der Waals surface area (Å²) in [6.07, 6.45) is -3.84. The summed E-state index contributed by atoms with van der Waals surface area (Å²) in [4.78, 5) is 12.5. The molecule has 27 heavy (non-hydrogen) atoms. The molecule has 0 radical (unpaired) electrons. The summed E-state index contributed by atoms with van der Waals surface area (Å²) in [6.45, 7) is 8.95. The van der Waals surface area contributed by atoms with Crippen molar-refractivity contribution in [2.24, 2.45) is 17.8 Å². The van der Waals surface area contributed by atoms with Crippen LogP contribution in [0.25, 0.3) is 0 Å². The van der Waals surface area contributed by atoms with Crippen LogP contribution in [0.15, 0.2) is 24.3 Å². The van der Waals surface area contributed by atoms with Gasteiger partial charge in [0, 0.05) is 12.3 Å². The molecule has 1 rings (SSSR count). The lowest BCUT2D eigenvalue weighted by Gasteiger charge is -2.25. The number of benzene rings is 1. The second kappa shape index (κ2) is 9.22. The van der Waals surface area contributed by atoms with Gasteiger partial charge in [-0.1, -0.05) is 32.9 Å². The number of hydrogen-bond acceptors (Lipinski definition) is 3. The van der Waals surface area contributed by atoms with Crippen molar-refractivity contribution in [3.05, 3.63) is 35.4 Å². The van der Waals surface area contributed by atoms with Crippen molar-refractivity contribution in [3.8, 4) is 0 Å². The Morgan fingerprint density at radius 3 is 1.96 bits per heavy atom. The Balaban J connectivity index is 2.66. The SMILES string of the molecule is CC(CCS(=O)(=O)C(C)C)C(C)C(C)C(=O)Cc1ccc(C(F)(F)F)cc1. The van der Waals surface area contributed by atoms with Gasteiger partial charge in [0.15, 0.2) is 9.84 Å². The Morgan fingerprint density at radius 2 is 1.52 bits per heavy atom. The predicted octanol–water partition coefficient (Wildman–Crippen LogP) is 4.94. The molecule has 154 valence electrons. The first-order valence-electron chi connectivity index (χ1n) is 9.16. The first-order valence-corrected chi connectivity index (χ1v) is 10.9. The van der Waals surface area contributed by atoms with Crippen LogP contribution in [-0.2, 0) is 27.2 Å². The normalized spacial score (nSPS) is 16.2. The topological polar surface area (TPSA) is 51.2 Å². The highest BCUT2D eigenvalue weighted by molar-refractivity contribution is 7.91. The average molecular weight is 407 g/mol. The Kier molecular flexibility index (Phi) is 8.08. The summed E-state index contributed by atoms with van der Waals surface area (Å²) >= 11 is 0. The highest BCUT2D eigenvalue weighted by Gasteiger charge is 2.30. The zero-order valence-electron chi connectivity index (χ0n) is 16.5. The predicted molar refractivity (Wildman–Crippen MR) is 101 cm³/mol. The molecular weight excluding hydrogens is 377 g/mol. The molecule has 0 heterocycles. The van der Waals surface area contributed by atoms with Crippen LogP contribution in [0.2, 0.25) is 0 Å². The largest absolute Gasteiger partial charge is 0.416 e. The molecule has 0 aromatic heterocycles. The fourth-order valence-electron chi connectivity index (χ4n) is 2.81. The van der Waals surface area contributed by atoms with Crippen molar-refractivity contribution in [2.75, 3.05) is 5.75 Å². The fourth-order valence-corrected chi connectivity index (χ4v) is 3.98. The Bertz CT molecular complexity index is 722. The molecule has 1 aromatic rings. The van der Waals surface area contributed by atoms with Gasteiger partial charge in [0.05, 0.1) is 16.6 Å². The van der Waals surface area contributed by atoms with E-state index >= 15 is 0 Å². The van der Waals surface area contributed by atoms with E-state index in [1.54, 1.807) is 20.8 Å². The van der Waals surface area contributed by atoms with Gasteiger partial charge in [0.25, 0.3) is 0 Å². The van der Waals surface area contributed by atoms with Crippen molar-refractivity contribution in [3.63, 3.8) is 0 Å². The summed E-state index contributed by atoms with van der Waals surface area (Å²) in [5, 5.41) is -0.418. The third-order valence-electron chi connectivity index (χ3n) is 5.43. The third kappa shape index (κ3) is 6.94. The number of rotatable bonds is 9. The third-order valence-corrected chi connectivity index (χ3v) is 7.67. The summed E-state index contributed by atoms with van der Waals surface area (Å²) < 4.78 is 61.7. The molecule has 0 aliphatic heterocycles. The smallest absolute Gasteiger partial charge is 0.299 e. The van der Waals surface area contributed by atoms with Crippen LogP contribution >= 0.6 is 0 Å². The minimum atomic E-state index is -4.39. The lowest BCUT2D eigenvalue weighted by atomic mass is 9.80. The van der Waals surface area contributed by atoms with Gasteiger partial charge in [-0.15, -0.1) is 0 Å². The highest BCUT2D eigenvalue weighted by atomic mass is 32.2. The molecule has 0 amide bonds. The molecule has 3 unspecified atom stereocenters. The molecule has 0 bridgehead atoms. The van der Waals surface area contributed by atoms with Gasteiger partial charge in [0.1, 0.15) is 5.78 Å². The minimum absolute atomic E-state index is 0.0192. The molecule has 0 saturated carbocycles. The molecule has 0 aliphatic carbocycles. The van der Waals surface area contributed by atoms with Crippen molar-refractivity contribution in [2.45, 2.75) is 58.9 Å². The van der Waals surface area contributed by atoms with Gasteiger partial charge < -0.3 is 0 Å². The highest BCUT2D eigenvalue weighted by Crippen LogP contribution is 2.30. The van der Waals surface area contributed by atoms with E-state index in [4.69, 9.17) is 0 Å². The van der Waals surface area contributed by atoms with Crippen molar-refractivity contribution >= 4 is 15.6 Å². The lowest BCUT2D eigenvalue weighted by molar-refractivity contribution is -0.137. The monoisotopic (exact) mass is 406 g/mol. The van der Waals surface area contributed by atoms with E-state index in [1.165, 1.54) is 12.1 Å². The van der Waals surface area contributed by atoms with Crippen molar-refractivity contribution in [1.29, 1.82) is 0 Å². The van der Waals surface area contributed by atoms with Gasteiger partial charge in [-0.25, -0.2) is 8.42 Å². The second-order valence-corrected chi connectivity index (χ2v) is 10.3. The first-order chi connectivity index (χ1) is 12.3. The van der Waals surface area contributed by atoms with Crippen molar-refractivity contribution in [1.82, 2.24) is 0 Å². The van der Waals surface area contributed by atoms with Crippen LogP contribution in [0.3, 0.4) is 0 Å².